The summed E-state index contributed by atoms with van der Waals surface area (Å²) < 4.78 is 0. The van der Waals surface area contributed by atoms with Crippen LogP contribution in [0.3, 0.4) is 0 Å². The number of rotatable bonds is 5. The van der Waals surface area contributed by atoms with E-state index in [1.165, 1.54) is 24.3 Å². The highest BCUT2D eigenvalue weighted by Crippen LogP contribution is 2.12. The first kappa shape index (κ1) is 19.4. The van der Waals surface area contributed by atoms with Crippen molar-refractivity contribution in [2.24, 2.45) is 5.92 Å². The number of carbonyl (C=O) groups is 3. The number of ketones is 1. The molecule has 1 rings (SSSR count). The van der Waals surface area contributed by atoms with Gasteiger partial charge in [0.1, 0.15) is 0 Å². The maximum absolute atomic E-state index is 12.3. The van der Waals surface area contributed by atoms with Crippen molar-refractivity contribution >= 4 is 17.6 Å². The summed E-state index contributed by atoms with van der Waals surface area (Å²) >= 11 is 0. The average Bonchev–Trinajstić information content (AvgIpc) is 2.45. The Morgan fingerprint density at radius 1 is 1.04 bits per heavy atom. The summed E-state index contributed by atoms with van der Waals surface area (Å²) in [5.74, 6) is -2.86. The lowest BCUT2D eigenvalue weighted by Crippen LogP contribution is -2.40. The number of hydrogen-bond donors (Lipinski definition) is 2. The summed E-state index contributed by atoms with van der Waals surface area (Å²) in [6.07, 6.45) is 0. The van der Waals surface area contributed by atoms with Gasteiger partial charge in [-0.25, -0.2) is 0 Å². The fraction of sp³-hybridized carbons (Fsp3) is 0.444. The fourth-order valence-corrected chi connectivity index (χ4v) is 1.97. The SMILES string of the molecule is CC(C)NC(=O)[C@@H](C#N)C(=O)c1ccc(C(=O)NC(C)(C)C)cc1. The third kappa shape index (κ3) is 5.51. The molecule has 0 spiro atoms. The zero-order valence-electron chi connectivity index (χ0n) is 14.6. The topological polar surface area (TPSA) is 99.1 Å². The maximum Gasteiger partial charge on any atom is 0.251 e. The van der Waals surface area contributed by atoms with Crippen LogP contribution in [-0.4, -0.2) is 29.2 Å². The summed E-state index contributed by atoms with van der Waals surface area (Å²) in [6.45, 7) is 9.10. The Morgan fingerprint density at radius 2 is 1.54 bits per heavy atom. The molecule has 0 saturated carbocycles. The van der Waals surface area contributed by atoms with E-state index in [1.807, 2.05) is 20.8 Å². The summed E-state index contributed by atoms with van der Waals surface area (Å²) in [6, 6.07) is 7.48. The molecule has 0 aliphatic heterocycles. The second-order valence-electron chi connectivity index (χ2n) is 6.87. The van der Waals surface area contributed by atoms with Gasteiger partial charge in [-0.15, -0.1) is 0 Å². The molecule has 0 fully saturated rings. The number of carbonyl (C=O) groups excluding carboxylic acids is 3. The van der Waals surface area contributed by atoms with E-state index in [2.05, 4.69) is 10.6 Å². The van der Waals surface area contributed by atoms with Crippen LogP contribution in [0.25, 0.3) is 0 Å². The summed E-state index contributed by atoms with van der Waals surface area (Å²) in [5.41, 5.74) is 0.251. The third-order valence-electron chi connectivity index (χ3n) is 3.00. The Morgan fingerprint density at radius 3 is 1.96 bits per heavy atom. The van der Waals surface area contributed by atoms with E-state index in [1.54, 1.807) is 19.9 Å². The van der Waals surface area contributed by atoms with Gasteiger partial charge in [0.05, 0.1) is 6.07 Å². The Balaban J connectivity index is 2.92. The standard InChI is InChI=1S/C18H23N3O3/c1-11(2)20-17(24)14(10-19)15(22)12-6-8-13(9-7-12)16(23)21-18(3,4)5/h6-9,11,14H,1-5H3,(H,20,24)(H,21,23)/t14-/m0/s1. The molecular weight excluding hydrogens is 306 g/mol. The molecule has 0 aliphatic carbocycles. The van der Waals surface area contributed by atoms with Crippen LogP contribution in [0.5, 0.6) is 0 Å². The molecule has 1 atom stereocenters. The minimum absolute atomic E-state index is 0.162. The zero-order valence-corrected chi connectivity index (χ0v) is 14.6. The van der Waals surface area contributed by atoms with Gasteiger partial charge in [-0.3, -0.25) is 14.4 Å². The first-order valence-corrected chi connectivity index (χ1v) is 7.72. The minimum atomic E-state index is -1.40. The highest BCUT2D eigenvalue weighted by atomic mass is 16.2. The van der Waals surface area contributed by atoms with Crippen LogP contribution >= 0.6 is 0 Å². The van der Waals surface area contributed by atoms with Gasteiger partial charge in [0.25, 0.3) is 5.91 Å². The second-order valence-corrected chi connectivity index (χ2v) is 6.87. The van der Waals surface area contributed by atoms with Gasteiger partial charge in [0, 0.05) is 22.7 Å². The van der Waals surface area contributed by atoms with Crippen LogP contribution in [0, 0.1) is 17.2 Å². The second kappa shape index (κ2) is 7.73. The highest BCUT2D eigenvalue weighted by molar-refractivity contribution is 6.12. The van der Waals surface area contributed by atoms with E-state index in [-0.39, 0.29) is 23.1 Å². The number of amides is 2. The van der Waals surface area contributed by atoms with Crippen LogP contribution in [0.1, 0.15) is 55.3 Å². The van der Waals surface area contributed by atoms with Crippen molar-refractivity contribution in [3.8, 4) is 6.07 Å². The molecule has 1 aromatic rings. The van der Waals surface area contributed by atoms with E-state index in [0.717, 1.165) is 0 Å². The number of benzene rings is 1. The molecule has 0 heterocycles. The third-order valence-corrected chi connectivity index (χ3v) is 3.00. The lowest BCUT2D eigenvalue weighted by molar-refractivity contribution is -0.122. The normalized spacial score (nSPS) is 12.2. The molecule has 0 aromatic heterocycles. The Labute approximate surface area is 142 Å². The van der Waals surface area contributed by atoms with Crippen molar-refractivity contribution in [2.45, 2.75) is 46.2 Å². The van der Waals surface area contributed by atoms with Gasteiger partial charge in [-0.1, -0.05) is 12.1 Å². The predicted octanol–water partition coefficient (Wildman–Crippen LogP) is 2.06. The van der Waals surface area contributed by atoms with Gasteiger partial charge in [0.2, 0.25) is 5.91 Å². The van der Waals surface area contributed by atoms with Crippen LogP contribution < -0.4 is 10.6 Å². The predicted molar refractivity (Wildman–Crippen MR) is 90.4 cm³/mol. The molecule has 6 heteroatoms. The lowest BCUT2D eigenvalue weighted by Gasteiger charge is -2.20. The number of Topliss-reactive ketones (excluding diaryl/α,β-unsaturated/α-hetero) is 1. The van der Waals surface area contributed by atoms with E-state index < -0.39 is 17.6 Å². The van der Waals surface area contributed by atoms with Crippen molar-refractivity contribution < 1.29 is 14.4 Å². The van der Waals surface area contributed by atoms with Crippen molar-refractivity contribution in [1.29, 1.82) is 5.26 Å². The van der Waals surface area contributed by atoms with Crippen molar-refractivity contribution in [1.82, 2.24) is 10.6 Å². The van der Waals surface area contributed by atoms with Gasteiger partial charge in [-0.05, 0) is 46.8 Å². The molecule has 0 saturated heterocycles. The monoisotopic (exact) mass is 329 g/mol. The van der Waals surface area contributed by atoms with Crippen LogP contribution in [0.15, 0.2) is 24.3 Å². The zero-order chi connectivity index (χ0) is 18.5. The summed E-state index contributed by atoms with van der Waals surface area (Å²) in [5, 5.41) is 14.5. The average molecular weight is 329 g/mol. The molecule has 6 nitrogen and oxygen atoms in total. The maximum atomic E-state index is 12.3. The Kier molecular flexibility index (Phi) is 6.24. The lowest BCUT2D eigenvalue weighted by atomic mass is 9.96. The molecule has 2 amide bonds. The molecule has 0 aliphatic rings. The summed E-state index contributed by atoms with van der Waals surface area (Å²) in [7, 11) is 0. The van der Waals surface area contributed by atoms with Crippen molar-refractivity contribution in [3.63, 3.8) is 0 Å². The number of hydrogen-bond acceptors (Lipinski definition) is 4. The number of nitrogens with one attached hydrogen (secondary N) is 2. The van der Waals surface area contributed by atoms with Gasteiger partial charge >= 0.3 is 0 Å². The van der Waals surface area contributed by atoms with Crippen molar-refractivity contribution in [3.05, 3.63) is 35.4 Å². The minimum Gasteiger partial charge on any atom is -0.352 e. The van der Waals surface area contributed by atoms with E-state index in [9.17, 15) is 14.4 Å². The van der Waals surface area contributed by atoms with E-state index >= 15 is 0 Å². The molecule has 0 bridgehead atoms. The van der Waals surface area contributed by atoms with Crippen molar-refractivity contribution in [2.75, 3.05) is 0 Å². The molecule has 0 unspecified atom stereocenters. The number of nitrogens with zero attached hydrogens (tertiary/aromatic N) is 1. The van der Waals surface area contributed by atoms with Gasteiger partial charge in [0.15, 0.2) is 11.7 Å². The summed E-state index contributed by atoms with van der Waals surface area (Å²) in [4.78, 5) is 36.3. The molecule has 1 aromatic carbocycles. The van der Waals surface area contributed by atoms with Crippen LogP contribution in [0.4, 0.5) is 0 Å². The Hall–Kier alpha value is -2.68. The fourth-order valence-electron chi connectivity index (χ4n) is 1.97. The molecule has 128 valence electrons. The smallest absolute Gasteiger partial charge is 0.251 e. The highest BCUT2D eigenvalue weighted by Gasteiger charge is 2.28. The Bertz CT molecular complexity index is 664. The number of nitriles is 1. The van der Waals surface area contributed by atoms with E-state index in [0.29, 0.717) is 5.56 Å². The molecular formula is C18H23N3O3. The first-order valence-electron chi connectivity index (χ1n) is 7.72. The van der Waals surface area contributed by atoms with Gasteiger partial charge in [-0.2, -0.15) is 5.26 Å². The quantitative estimate of drug-likeness (QED) is 0.638. The molecule has 0 radical (unpaired) electrons. The first-order chi connectivity index (χ1) is 11.0. The molecule has 2 N–H and O–H groups in total. The van der Waals surface area contributed by atoms with Gasteiger partial charge < -0.3 is 10.6 Å². The molecule has 24 heavy (non-hydrogen) atoms. The van der Waals surface area contributed by atoms with E-state index in [4.69, 9.17) is 5.26 Å². The van der Waals surface area contributed by atoms with Crippen LogP contribution in [-0.2, 0) is 4.79 Å². The largest absolute Gasteiger partial charge is 0.352 e. The van der Waals surface area contributed by atoms with Crippen LogP contribution in [0.2, 0.25) is 0 Å².